The number of furan rings is 1. The Kier molecular flexibility index (Phi) is 5.38. The van der Waals surface area contributed by atoms with Gasteiger partial charge in [-0.05, 0) is 25.3 Å². The summed E-state index contributed by atoms with van der Waals surface area (Å²) in [5.74, 6) is -1.02. The van der Waals surface area contributed by atoms with Crippen LogP contribution in [-0.4, -0.2) is 36.2 Å². The summed E-state index contributed by atoms with van der Waals surface area (Å²) in [6.45, 7) is 3.01. The smallest absolute Gasteiger partial charge is 0.326 e. The molecule has 0 bridgehead atoms. The highest BCUT2D eigenvalue weighted by molar-refractivity contribution is 5.97. The standard InChI is InChI=1S/C15H21NO5/c1-2-4-12-11(6-8-21-12)14(17)16-13(15(18)19)10-5-3-7-20-9-10/h6,8,10,13H,2-5,7,9H2,1H3,(H,16,17)(H,18,19). The molecular formula is C15H21NO5. The van der Waals surface area contributed by atoms with E-state index in [0.717, 1.165) is 19.3 Å². The number of hydrogen-bond acceptors (Lipinski definition) is 4. The highest BCUT2D eigenvalue weighted by Crippen LogP contribution is 2.19. The second kappa shape index (κ2) is 7.26. The maximum absolute atomic E-state index is 12.3. The molecule has 2 rings (SSSR count). The van der Waals surface area contributed by atoms with Crippen molar-refractivity contribution in [1.82, 2.24) is 5.32 Å². The second-order valence-electron chi connectivity index (χ2n) is 5.27. The molecule has 1 aliphatic rings. The van der Waals surface area contributed by atoms with Crippen molar-refractivity contribution in [2.45, 2.75) is 38.6 Å². The van der Waals surface area contributed by atoms with Crippen molar-refractivity contribution < 1.29 is 23.8 Å². The van der Waals surface area contributed by atoms with Crippen molar-refractivity contribution in [1.29, 1.82) is 0 Å². The van der Waals surface area contributed by atoms with Crippen LogP contribution < -0.4 is 5.32 Å². The Morgan fingerprint density at radius 2 is 2.33 bits per heavy atom. The van der Waals surface area contributed by atoms with E-state index in [9.17, 15) is 14.7 Å². The molecule has 6 heteroatoms. The first kappa shape index (κ1) is 15.6. The van der Waals surface area contributed by atoms with Crippen molar-refractivity contribution in [3.63, 3.8) is 0 Å². The van der Waals surface area contributed by atoms with Gasteiger partial charge < -0.3 is 19.6 Å². The molecule has 1 aromatic rings. The lowest BCUT2D eigenvalue weighted by atomic mass is 9.93. The molecule has 2 unspecified atom stereocenters. The largest absolute Gasteiger partial charge is 0.480 e. The summed E-state index contributed by atoms with van der Waals surface area (Å²) in [6, 6.07) is 0.651. The summed E-state index contributed by atoms with van der Waals surface area (Å²) in [5.41, 5.74) is 0.417. The fraction of sp³-hybridized carbons (Fsp3) is 0.600. The number of nitrogens with one attached hydrogen (secondary N) is 1. The Bertz CT molecular complexity index is 490. The minimum atomic E-state index is -1.03. The Balaban J connectivity index is 2.07. The molecule has 0 aromatic carbocycles. The van der Waals surface area contributed by atoms with Gasteiger partial charge in [-0.2, -0.15) is 0 Å². The van der Waals surface area contributed by atoms with Crippen molar-refractivity contribution in [3.05, 3.63) is 23.7 Å². The fourth-order valence-electron chi connectivity index (χ4n) is 2.59. The predicted octanol–water partition coefficient (Wildman–Crippen LogP) is 1.84. The van der Waals surface area contributed by atoms with Crippen LogP contribution in [0.1, 0.15) is 42.3 Å². The maximum atomic E-state index is 12.3. The van der Waals surface area contributed by atoms with Crippen LogP contribution >= 0.6 is 0 Å². The van der Waals surface area contributed by atoms with Gasteiger partial charge in [-0.25, -0.2) is 4.79 Å². The van der Waals surface area contributed by atoms with E-state index in [1.165, 1.54) is 6.26 Å². The van der Waals surface area contributed by atoms with Gasteiger partial charge in [-0.3, -0.25) is 4.79 Å². The van der Waals surface area contributed by atoms with Crippen LogP contribution in [0.4, 0.5) is 0 Å². The predicted molar refractivity (Wildman–Crippen MR) is 75.1 cm³/mol. The monoisotopic (exact) mass is 295 g/mol. The molecule has 0 aliphatic carbocycles. The molecule has 1 aromatic heterocycles. The third-order valence-electron chi connectivity index (χ3n) is 3.69. The Hall–Kier alpha value is -1.82. The zero-order chi connectivity index (χ0) is 15.2. The average molecular weight is 295 g/mol. The molecule has 1 fully saturated rings. The van der Waals surface area contributed by atoms with E-state index in [-0.39, 0.29) is 5.92 Å². The maximum Gasteiger partial charge on any atom is 0.326 e. The number of amides is 1. The number of aryl methyl sites for hydroxylation is 1. The van der Waals surface area contributed by atoms with Gasteiger partial charge in [0.05, 0.1) is 18.4 Å². The number of hydrogen-bond donors (Lipinski definition) is 2. The second-order valence-corrected chi connectivity index (χ2v) is 5.27. The summed E-state index contributed by atoms with van der Waals surface area (Å²) in [6.07, 6.45) is 4.52. The van der Waals surface area contributed by atoms with E-state index in [2.05, 4.69) is 5.32 Å². The van der Waals surface area contributed by atoms with Gasteiger partial charge in [-0.1, -0.05) is 6.92 Å². The Labute approximate surface area is 123 Å². The highest BCUT2D eigenvalue weighted by Gasteiger charge is 2.32. The molecule has 116 valence electrons. The SMILES string of the molecule is CCCc1occc1C(=O)NC(C(=O)O)C1CCCOC1. The third-order valence-corrected chi connectivity index (χ3v) is 3.69. The molecule has 1 saturated heterocycles. The normalized spacial score (nSPS) is 20.0. The average Bonchev–Trinajstić information content (AvgIpc) is 2.94. The number of ether oxygens (including phenoxy) is 1. The molecule has 2 atom stereocenters. The third kappa shape index (κ3) is 3.85. The van der Waals surface area contributed by atoms with Crippen molar-refractivity contribution in [2.24, 2.45) is 5.92 Å². The zero-order valence-electron chi connectivity index (χ0n) is 12.1. The lowest BCUT2D eigenvalue weighted by molar-refractivity contribution is -0.142. The van der Waals surface area contributed by atoms with Crippen LogP contribution in [0.5, 0.6) is 0 Å². The first-order chi connectivity index (χ1) is 10.1. The minimum Gasteiger partial charge on any atom is -0.480 e. The van der Waals surface area contributed by atoms with E-state index >= 15 is 0 Å². The Morgan fingerprint density at radius 1 is 1.52 bits per heavy atom. The molecule has 2 N–H and O–H groups in total. The first-order valence-corrected chi connectivity index (χ1v) is 7.31. The van der Waals surface area contributed by atoms with Crippen LogP contribution in [-0.2, 0) is 16.0 Å². The number of rotatable bonds is 6. The first-order valence-electron chi connectivity index (χ1n) is 7.31. The molecule has 0 radical (unpaired) electrons. The van der Waals surface area contributed by atoms with Crippen molar-refractivity contribution in [2.75, 3.05) is 13.2 Å². The lowest BCUT2D eigenvalue weighted by Crippen LogP contribution is -2.48. The van der Waals surface area contributed by atoms with Crippen LogP contribution in [0, 0.1) is 5.92 Å². The molecule has 1 amide bonds. The van der Waals surface area contributed by atoms with E-state index in [1.807, 2.05) is 6.92 Å². The minimum absolute atomic E-state index is 0.193. The van der Waals surface area contributed by atoms with Crippen molar-refractivity contribution in [3.8, 4) is 0 Å². The summed E-state index contributed by atoms with van der Waals surface area (Å²) in [7, 11) is 0. The molecule has 0 spiro atoms. The molecule has 2 heterocycles. The zero-order valence-corrected chi connectivity index (χ0v) is 12.1. The van der Waals surface area contributed by atoms with Gasteiger partial charge in [0.2, 0.25) is 0 Å². The van der Waals surface area contributed by atoms with Gasteiger partial charge >= 0.3 is 5.97 Å². The summed E-state index contributed by atoms with van der Waals surface area (Å²) >= 11 is 0. The number of carboxylic acids is 1. The van der Waals surface area contributed by atoms with Crippen LogP contribution in [0.15, 0.2) is 16.7 Å². The van der Waals surface area contributed by atoms with Crippen molar-refractivity contribution >= 4 is 11.9 Å². The van der Waals surface area contributed by atoms with Gasteiger partial charge in [0.15, 0.2) is 0 Å². The number of carbonyl (C=O) groups excluding carboxylic acids is 1. The van der Waals surface area contributed by atoms with Gasteiger partial charge in [0.25, 0.3) is 5.91 Å². The Morgan fingerprint density at radius 3 is 2.95 bits per heavy atom. The van der Waals surface area contributed by atoms with E-state index in [4.69, 9.17) is 9.15 Å². The summed E-state index contributed by atoms with van der Waals surface area (Å²) in [4.78, 5) is 23.7. The molecule has 21 heavy (non-hydrogen) atoms. The number of aliphatic carboxylic acids is 1. The quantitative estimate of drug-likeness (QED) is 0.836. The van der Waals surface area contributed by atoms with Crippen LogP contribution in [0.3, 0.4) is 0 Å². The van der Waals surface area contributed by atoms with E-state index < -0.39 is 17.9 Å². The number of carbonyl (C=O) groups is 2. The molecule has 1 aliphatic heterocycles. The van der Waals surface area contributed by atoms with E-state index in [1.54, 1.807) is 6.07 Å². The lowest BCUT2D eigenvalue weighted by Gasteiger charge is -2.28. The fourth-order valence-corrected chi connectivity index (χ4v) is 2.59. The van der Waals surface area contributed by atoms with Gasteiger partial charge in [0, 0.05) is 18.9 Å². The van der Waals surface area contributed by atoms with Crippen LogP contribution in [0.2, 0.25) is 0 Å². The number of carboxylic acid groups (broad SMARTS) is 1. The van der Waals surface area contributed by atoms with Gasteiger partial charge in [0.1, 0.15) is 11.8 Å². The van der Waals surface area contributed by atoms with E-state index in [0.29, 0.717) is 31.0 Å². The topological polar surface area (TPSA) is 88.8 Å². The molecule has 0 saturated carbocycles. The molecule has 6 nitrogen and oxygen atoms in total. The highest BCUT2D eigenvalue weighted by atomic mass is 16.5. The summed E-state index contributed by atoms with van der Waals surface area (Å²) in [5, 5.41) is 12.0. The molecular weight excluding hydrogens is 274 g/mol. The summed E-state index contributed by atoms with van der Waals surface area (Å²) < 4.78 is 10.6. The van der Waals surface area contributed by atoms with Gasteiger partial charge in [-0.15, -0.1) is 0 Å². The van der Waals surface area contributed by atoms with Crippen LogP contribution in [0.25, 0.3) is 0 Å².